The van der Waals surface area contributed by atoms with Gasteiger partial charge in [0.1, 0.15) is 5.75 Å². The van der Waals surface area contributed by atoms with E-state index in [1.165, 1.54) is 17.0 Å². The van der Waals surface area contributed by atoms with Gasteiger partial charge in [0.15, 0.2) is 0 Å². The van der Waals surface area contributed by atoms with Crippen LogP contribution >= 0.6 is 0 Å². The van der Waals surface area contributed by atoms with Gasteiger partial charge in [-0.15, -0.1) is 0 Å². The molecular formula is C21H23F2N3O3. The lowest BCUT2D eigenvalue weighted by Crippen LogP contribution is -2.31. The highest BCUT2D eigenvalue weighted by Crippen LogP contribution is 2.18. The van der Waals surface area contributed by atoms with Gasteiger partial charge >= 0.3 is 12.6 Å². The van der Waals surface area contributed by atoms with Crippen molar-refractivity contribution < 1.29 is 23.1 Å². The van der Waals surface area contributed by atoms with Gasteiger partial charge in [-0.3, -0.25) is 4.79 Å². The summed E-state index contributed by atoms with van der Waals surface area (Å²) in [6.45, 7) is -1.26. The molecule has 0 aromatic heterocycles. The molecule has 0 atom stereocenters. The summed E-state index contributed by atoms with van der Waals surface area (Å²) in [5.41, 5.74) is 2.38. The summed E-state index contributed by atoms with van der Waals surface area (Å²) in [6.07, 6.45) is 1.48. The van der Waals surface area contributed by atoms with E-state index in [0.717, 1.165) is 24.1 Å². The third kappa shape index (κ3) is 5.91. The average Bonchev–Trinajstić information content (AvgIpc) is 3.08. The lowest BCUT2D eigenvalue weighted by Gasteiger charge is -2.19. The van der Waals surface area contributed by atoms with Gasteiger partial charge in [0, 0.05) is 38.8 Å². The summed E-state index contributed by atoms with van der Waals surface area (Å²) < 4.78 is 28.7. The Balaban J connectivity index is 1.55. The van der Waals surface area contributed by atoms with E-state index >= 15 is 0 Å². The normalized spacial score (nSPS) is 13.7. The van der Waals surface area contributed by atoms with Crippen LogP contribution in [0.5, 0.6) is 5.75 Å². The molecular weight excluding hydrogens is 380 g/mol. The predicted octanol–water partition coefficient (Wildman–Crippen LogP) is 4.07. The number of urea groups is 1. The zero-order valence-electron chi connectivity index (χ0n) is 16.1. The van der Waals surface area contributed by atoms with Gasteiger partial charge in [-0.25, -0.2) is 4.79 Å². The number of anilines is 1. The number of hydrogen-bond donors (Lipinski definition) is 1. The van der Waals surface area contributed by atoms with Gasteiger partial charge in [-0.2, -0.15) is 8.78 Å². The molecule has 0 bridgehead atoms. The number of nitrogens with one attached hydrogen (secondary N) is 1. The molecule has 0 radical (unpaired) electrons. The molecule has 29 heavy (non-hydrogen) atoms. The number of alkyl halides is 2. The molecule has 1 aliphatic heterocycles. The fourth-order valence-electron chi connectivity index (χ4n) is 3.18. The van der Waals surface area contributed by atoms with Crippen molar-refractivity contribution in [2.24, 2.45) is 0 Å². The zero-order chi connectivity index (χ0) is 20.8. The second kappa shape index (κ2) is 9.36. The molecule has 6 nitrogen and oxygen atoms in total. The van der Waals surface area contributed by atoms with Crippen LogP contribution in [0, 0.1) is 0 Å². The average molecular weight is 403 g/mol. The standard InChI is InChI=1S/C21H23F2N3O3/c1-25(13-15-7-9-18(10-8-15)29-20(22)23)21(28)24-17-5-2-4-16(12-17)14-26-11-3-6-19(26)27/h2,4-5,7-10,12,20H,3,6,11,13-14H2,1H3,(H,24,28). The van der Waals surface area contributed by atoms with Crippen molar-refractivity contribution in [1.29, 1.82) is 0 Å². The molecule has 1 heterocycles. The second-order valence-electron chi connectivity index (χ2n) is 6.93. The molecule has 0 aliphatic carbocycles. The van der Waals surface area contributed by atoms with Gasteiger partial charge in [0.2, 0.25) is 5.91 Å². The van der Waals surface area contributed by atoms with Crippen LogP contribution in [0.15, 0.2) is 48.5 Å². The van der Waals surface area contributed by atoms with Gasteiger partial charge in [0.25, 0.3) is 0 Å². The number of amides is 3. The smallest absolute Gasteiger partial charge is 0.387 e. The maximum Gasteiger partial charge on any atom is 0.387 e. The first-order valence-corrected chi connectivity index (χ1v) is 9.33. The molecule has 2 aromatic carbocycles. The number of rotatable bonds is 7. The van der Waals surface area contributed by atoms with Crippen molar-refractivity contribution in [3.8, 4) is 5.75 Å². The Morgan fingerprint density at radius 2 is 1.97 bits per heavy atom. The van der Waals surface area contributed by atoms with Gasteiger partial charge in [-0.05, 0) is 41.8 Å². The maximum absolute atomic E-state index is 12.5. The number of carbonyl (C=O) groups is 2. The fraction of sp³-hybridized carbons (Fsp3) is 0.333. The molecule has 8 heteroatoms. The molecule has 3 amide bonds. The molecule has 0 unspecified atom stereocenters. The summed E-state index contributed by atoms with van der Waals surface area (Å²) in [5.74, 6) is 0.230. The second-order valence-corrected chi connectivity index (χ2v) is 6.93. The summed E-state index contributed by atoms with van der Waals surface area (Å²) >= 11 is 0. The Morgan fingerprint density at radius 3 is 2.62 bits per heavy atom. The number of nitrogens with zero attached hydrogens (tertiary/aromatic N) is 2. The predicted molar refractivity (Wildman–Crippen MR) is 105 cm³/mol. The lowest BCUT2D eigenvalue weighted by molar-refractivity contribution is -0.128. The van der Waals surface area contributed by atoms with Gasteiger partial charge in [-0.1, -0.05) is 24.3 Å². The quantitative estimate of drug-likeness (QED) is 0.758. The third-order valence-electron chi connectivity index (χ3n) is 4.64. The van der Waals surface area contributed by atoms with E-state index in [1.807, 2.05) is 23.1 Å². The number of hydrogen-bond acceptors (Lipinski definition) is 3. The molecule has 1 aliphatic rings. The Morgan fingerprint density at radius 1 is 1.21 bits per heavy atom. The van der Waals surface area contributed by atoms with Crippen molar-refractivity contribution in [3.63, 3.8) is 0 Å². The molecule has 0 spiro atoms. The van der Waals surface area contributed by atoms with E-state index in [-0.39, 0.29) is 17.7 Å². The molecule has 154 valence electrons. The highest BCUT2D eigenvalue weighted by atomic mass is 19.3. The van der Waals surface area contributed by atoms with Crippen molar-refractivity contribution >= 4 is 17.6 Å². The molecule has 2 aromatic rings. The van der Waals surface area contributed by atoms with E-state index in [4.69, 9.17) is 0 Å². The maximum atomic E-state index is 12.5. The summed E-state index contributed by atoms with van der Waals surface area (Å²) in [4.78, 5) is 27.5. The zero-order valence-corrected chi connectivity index (χ0v) is 16.1. The highest BCUT2D eigenvalue weighted by molar-refractivity contribution is 5.89. The summed E-state index contributed by atoms with van der Waals surface area (Å²) in [6, 6.07) is 13.3. The van der Waals surface area contributed by atoms with Gasteiger partial charge in [0.05, 0.1) is 0 Å². The van der Waals surface area contributed by atoms with Crippen LogP contribution in [-0.2, 0) is 17.9 Å². The van der Waals surface area contributed by atoms with Crippen LogP contribution in [0.2, 0.25) is 0 Å². The van der Waals surface area contributed by atoms with Crippen LogP contribution in [0.4, 0.5) is 19.3 Å². The SMILES string of the molecule is CN(Cc1ccc(OC(F)F)cc1)C(=O)Nc1cccc(CN2CCCC2=O)c1. The van der Waals surface area contributed by atoms with Crippen LogP contribution in [0.3, 0.4) is 0 Å². The van der Waals surface area contributed by atoms with Crippen molar-refractivity contribution in [3.05, 3.63) is 59.7 Å². The van der Waals surface area contributed by atoms with Crippen LogP contribution < -0.4 is 10.1 Å². The molecule has 0 saturated carbocycles. The van der Waals surface area contributed by atoms with E-state index in [9.17, 15) is 18.4 Å². The van der Waals surface area contributed by atoms with Crippen LogP contribution in [0.25, 0.3) is 0 Å². The van der Waals surface area contributed by atoms with Crippen molar-refractivity contribution in [2.45, 2.75) is 32.5 Å². The minimum absolute atomic E-state index is 0.0733. The first kappa shape index (κ1) is 20.6. The van der Waals surface area contributed by atoms with Crippen molar-refractivity contribution in [2.75, 3.05) is 18.9 Å². The summed E-state index contributed by atoms with van der Waals surface area (Å²) in [7, 11) is 1.64. The summed E-state index contributed by atoms with van der Waals surface area (Å²) in [5, 5.41) is 2.84. The number of halogens is 2. The van der Waals surface area contributed by atoms with E-state index in [0.29, 0.717) is 25.2 Å². The monoisotopic (exact) mass is 403 g/mol. The fourth-order valence-corrected chi connectivity index (χ4v) is 3.18. The Hall–Kier alpha value is -3.16. The first-order chi connectivity index (χ1) is 13.9. The lowest BCUT2D eigenvalue weighted by atomic mass is 10.2. The van der Waals surface area contributed by atoms with Crippen LogP contribution in [0.1, 0.15) is 24.0 Å². The molecule has 1 N–H and O–H groups in total. The Kier molecular flexibility index (Phi) is 6.64. The number of carbonyl (C=O) groups excluding carboxylic acids is 2. The van der Waals surface area contributed by atoms with E-state index in [2.05, 4.69) is 10.1 Å². The topological polar surface area (TPSA) is 61.9 Å². The molecule has 3 rings (SSSR count). The number of likely N-dealkylation sites (tertiary alicyclic amines) is 1. The third-order valence-corrected chi connectivity index (χ3v) is 4.64. The number of ether oxygens (including phenoxy) is 1. The van der Waals surface area contributed by atoms with Gasteiger partial charge < -0.3 is 19.9 Å². The minimum Gasteiger partial charge on any atom is -0.435 e. The largest absolute Gasteiger partial charge is 0.435 e. The minimum atomic E-state index is -2.87. The van der Waals surface area contributed by atoms with Crippen molar-refractivity contribution in [1.82, 2.24) is 9.80 Å². The first-order valence-electron chi connectivity index (χ1n) is 9.33. The highest BCUT2D eigenvalue weighted by Gasteiger charge is 2.20. The number of benzene rings is 2. The Bertz CT molecular complexity index is 859. The molecule has 1 saturated heterocycles. The van der Waals surface area contributed by atoms with E-state index < -0.39 is 6.61 Å². The van der Waals surface area contributed by atoms with Crippen LogP contribution in [-0.4, -0.2) is 41.9 Å². The Labute approximate surface area is 168 Å². The molecule has 1 fully saturated rings. The van der Waals surface area contributed by atoms with E-state index in [1.54, 1.807) is 25.2 Å².